The minimum atomic E-state index is -0.374. The van der Waals surface area contributed by atoms with Crippen LogP contribution in [-0.2, 0) is 6.54 Å². The second-order valence-electron chi connectivity index (χ2n) is 4.06. The molecule has 0 amide bonds. The second kappa shape index (κ2) is 5.95. The zero-order valence-corrected chi connectivity index (χ0v) is 12.2. The summed E-state index contributed by atoms with van der Waals surface area (Å²) in [5.41, 5.74) is 2.26. The van der Waals surface area contributed by atoms with Gasteiger partial charge in [-0.15, -0.1) is 0 Å². The first-order chi connectivity index (χ1) is 8.95. The van der Waals surface area contributed by atoms with E-state index >= 15 is 0 Å². The largest absolute Gasteiger partial charge is 0.378 e. The van der Waals surface area contributed by atoms with Crippen LogP contribution in [0.25, 0.3) is 0 Å². The molecule has 0 radical (unpaired) electrons. The van der Waals surface area contributed by atoms with Gasteiger partial charge < -0.3 is 5.32 Å². The lowest BCUT2D eigenvalue weighted by atomic mass is 10.2. The van der Waals surface area contributed by atoms with Crippen molar-refractivity contribution in [1.29, 1.82) is 0 Å². The highest BCUT2D eigenvalue weighted by Crippen LogP contribution is 2.27. The zero-order chi connectivity index (χ0) is 14.0. The first-order valence-electron chi connectivity index (χ1n) is 5.47. The van der Waals surface area contributed by atoms with E-state index in [1.807, 2.05) is 6.92 Å². The van der Waals surface area contributed by atoms with E-state index < -0.39 is 0 Å². The predicted molar refractivity (Wildman–Crippen MR) is 77.7 cm³/mol. The highest BCUT2D eigenvalue weighted by Gasteiger charge is 2.08. The summed E-state index contributed by atoms with van der Waals surface area (Å²) < 4.78 is 13.2. The molecule has 1 heterocycles. The van der Waals surface area contributed by atoms with E-state index in [-0.39, 0.29) is 11.0 Å². The SMILES string of the molecule is Cc1cc(Cl)nc(Cl)c1NCc1cc(F)cc(Cl)c1. The van der Waals surface area contributed by atoms with Crippen molar-refractivity contribution < 1.29 is 4.39 Å². The Labute approximate surface area is 125 Å². The van der Waals surface area contributed by atoms with E-state index in [2.05, 4.69) is 10.3 Å². The summed E-state index contributed by atoms with van der Waals surface area (Å²) >= 11 is 17.6. The fourth-order valence-corrected chi connectivity index (χ4v) is 2.55. The fourth-order valence-electron chi connectivity index (χ4n) is 1.71. The van der Waals surface area contributed by atoms with Crippen LogP contribution in [0, 0.1) is 12.7 Å². The molecule has 0 spiro atoms. The van der Waals surface area contributed by atoms with Crippen molar-refractivity contribution in [2.45, 2.75) is 13.5 Å². The average Bonchev–Trinajstić information content (AvgIpc) is 2.25. The Hall–Kier alpha value is -1.03. The minimum absolute atomic E-state index is 0.285. The summed E-state index contributed by atoms with van der Waals surface area (Å²) in [6, 6.07) is 6.05. The van der Waals surface area contributed by atoms with E-state index in [0.717, 1.165) is 11.1 Å². The first-order valence-corrected chi connectivity index (χ1v) is 6.60. The Morgan fingerprint density at radius 2 is 1.89 bits per heavy atom. The van der Waals surface area contributed by atoms with E-state index in [0.29, 0.717) is 22.4 Å². The maximum absolute atomic E-state index is 13.2. The Bertz CT molecular complexity index is 574. The minimum Gasteiger partial charge on any atom is -0.378 e. The zero-order valence-electron chi connectivity index (χ0n) is 9.98. The lowest BCUT2D eigenvalue weighted by Gasteiger charge is -2.11. The molecule has 0 saturated carbocycles. The number of nitrogens with zero attached hydrogens (tertiary/aromatic N) is 1. The molecule has 19 heavy (non-hydrogen) atoms. The van der Waals surface area contributed by atoms with Gasteiger partial charge in [-0.05, 0) is 42.3 Å². The van der Waals surface area contributed by atoms with E-state index in [1.54, 1.807) is 12.1 Å². The van der Waals surface area contributed by atoms with Crippen LogP contribution in [0.1, 0.15) is 11.1 Å². The number of hydrogen-bond donors (Lipinski definition) is 1. The third-order valence-corrected chi connectivity index (χ3v) is 3.22. The molecule has 0 unspecified atom stereocenters. The van der Waals surface area contributed by atoms with Gasteiger partial charge in [-0.25, -0.2) is 9.37 Å². The van der Waals surface area contributed by atoms with Crippen LogP contribution >= 0.6 is 34.8 Å². The summed E-state index contributed by atoms with van der Waals surface area (Å²) in [6.45, 7) is 2.25. The predicted octanol–water partition coefficient (Wildman–Crippen LogP) is 5.10. The molecule has 1 aromatic carbocycles. The number of benzene rings is 1. The molecule has 2 aromatic rings. The summed E-state index contributed by atoms with van der Waals surface area (Å²) in [5.74, 6) is -0.374. The van der Waals surface area contributed by atoms with Crippen molar-refractivity contribution in [1.82, 2.24) is 4.98 Å². The fraction of sp³-hybridized carbons (Fsp3) is 0.154. The molecular formula is C13H10Cl3FN2. The molecule has 1 aromatic heterocycles. The highest BCUT2D eigenvalue weighted by molar-refractivity contribution is 6.34. The maximum Gasteiger partial charge on any atom is 0.154 e. The molecule has 6 heteroatoms. The number of halogens is 4. The molecule has 0 aliphatic heterocycles. The lowest BCUT2D eigenvalue weighted by molar-refractivity contribution is 0.626. The van der Waals surface area contributed by atoms with Gasteiger partial charge in [0.25, 0.3) is 0 Å². The van der Waals surface area contributed by atoms with Crippen LogP contribution in [0.2, 0.25) is 15.3 Å². The van der Waals surface area contributed by atoms with Crippen LogP contribution in [-0.4, -0.2) is 4.98 Å². The van der Waals surface area contributed by atoms with Gasteiger partial charge in [-0.2, -0.15) is 0 Å². The number of hydrogen-bond acceptors (Lipinski definition) is 2. The van der Waals surface area contributed by atoms with Crippen LogP contribution in [0.3, 0.4) is 0 Å². The van der Waals surface area contributed by atoms with Gasteiger partial charge in [0.05, 0.1) is 5.69 Å². The molecule has 1 N–H and O–H groups in total. The summed E-state index contributed by atoms with van der Waals surface area (Å²) in [4.78, 5) is 3.95. The standard InChI is InChI=1S/C13H10Cl3FN2/c1-7-2-11(15)19-13(16)12(7)18-6-8-3-9(14)5-10(17)4-8/h2-5,18H,6H2,1H3. The van der Waals surface area contributed by atoms with E-state index in [4.69, 9.17) is 34.8 Å². The summed E-state index contributed by atoms with van der Waals surface area (Å²) in [7, 11) is 0. The monoisotopic (exact) mass is 318 g/mol. The molecule has 0 aliphatic rings. The molecule has 100 valence electrons. The summed E-state index contributed by atoms with van der Waals surface area (Å²) in [5, 5.41) is 4.08. The topological polar surface area (TPSA) is 24.9 Å². The number of aromatic nitrogens is 1. The Morgan fingerprint density at radius 3 is 2.53 bits per heavy atom. The van der Waals surface area contributed by atoms with Gasteiger partial charge in [0.2, 0.25) is 0 Å². The summed E-state index contributed by atoms with van der Waals surface area (Å²) in [6.07, 6.45) is 0. The average molecular weight is 320 g/mol. The van der Waals surface area contributed by atoms with Crippen molar-refractivity contribution in [2.24, 2.45) is 0 Å². The van der Waals surface area contributed by atoms with Gasteiger partial charge in [-0.3, -0.25) is 0 Å². The van der Waals surface area contributed by atoms with Gasteiger partial charge in [0.15, 0.2) is 5.15 Å². The lowest BCUT2D eigenvalue weighted by Crippen LogP contribution is -2.03. The van der Waals surface area contributed by atoms with E-state index in [1.165, 1.54) is 12.1 Å². The maximum atomic E-state index is 13.2. The molecular weight excluding hydrogens is 310 g/mol. The molecule has 2 nitrogen and oxygen atoms in total. The van der Waals surface area contributed by atoms with Crippen LogP contribution in [0.4, 0.5) is 10.1 Å². The normalized spacial score (nSPS) is 10.6. The van der Waals surface area contributed by atoms with Crippen molar-refractivity contribution in [3.05, 3.63) is 56.5 Å². The van der Waals surface area contributed by atoms with Crippen LogP contribution < -0.4 is 5.32 Å². The van der Waals surface area contributed by atoms with Crippen molar-refractivity contribution in [2.75, 3.05) is 5.32 Å². The van der Waals surface area contributed by atoms with Gasteiger partial charge in [-0.1, -0.05) is 34.8 Å². The Morgan fingerprint density at radius 1 is 1.16 bits per heavy atom. The number of rotatable bonds is 3. The van der Waals surface area contributed by atoms with Crippen LogP contribution in [0.5, 0.6) is 0 Å². The molecule has 0 atom stereocenters. The Balaban J connectivity index is 2.19. The highest BCUT2D eigenvalue weighted by atomic mass is 35.5. The molecule has 0 bridgehead atoms. The van der Waals surface area contributed by atoms with Crippen molar-refractivity contribution in [3.63, 3.8) is 0 Å². The number of aryl methyl sites for hydroxylation is 1. The Kier molecular flexibility index (Phi) is 4.50. The van der Waals surface area contributed by atoms with Crippen molar-refractivity contribution >= 4 is 40.5 Å². The first kappa shape index (κ1) is 14.4. The second-order valence-corrected chi connectivity index (χ2v) is 5.24. The third-order valence-electron chi connectivity index (χ3n) is 2.53. The van der Waals surface area contributed by atoms with Gasteiger partial charge >= 0.3 is 0 Å². The number of anilines is 1. The molecule has 0 fully saturated rings. The smallest absolute Gasteiger partial charge is 0.154 e. The van der Waals surface area contributed by atoms with Gasteiger partial charge in [0.1, 0.15) is 11.0 Å². The van der Waals surface area contributed by atoms with Crippen molar-refractivity contribution in [3.8, 4) is 0 Å². The molecule has 2 rings (SSSR count). The van der Waals surface area contributed by atoms with Gasteiger partial charge in [0, 0.05) is 11.6 Å². The quantitative estimate of drug-likeness (QED) is 0.796. The van der Waals surface area contributed by atoms with E-state index in [9.17, 15) is 4.39 Å². The molecule has 0 aliphatic carbocycles. The molecule has 0 saturated heterocycles. The number of pyridine rings is 1. The number of nitrogens with one attached hydrogen (secondary N) is 1. The third kappa shape index (κ3) is 3.72. The van der Waals surface area contributed by atoms with Crippen LogP contribution in [0.15, 0.2) is 24.3 Å².